The van der Waals surface area contributed by atoms with Crippen LogP contribution in [-0.4, -0.2) is 99.5 Å². The molecule has 10 heteroatoms. The number of carbonyl (C=O) groups is 2. The van der Waals surface area contributed by atoms with Gasteiger partial charge < -0.3 is 25.1 Å². The van der Waals surface area contributed by atoms with Gasteiger partial charge in [-0.3, -0.25) is 14.5 Å². The van der Waals surface area contributed by atoms with Crippen molar-refractivity contribution in [3.63, 3.8) is 0 Å². The number of nitrogens with zero attached hydrogens (tertiary/aromatic N) is 3. The average molecular weight is 500 g/mol. The van der Waals surface area contributed by atoms with Crippen LogP contribution < -0.4 is 0 Å². The van der Waals surface area contributed by atoms with Gasteiger partial charge in [0, 0.05) is 51.8 Å². The van der Waals surface area contributed by atoms with E-state index in [-0.39, 0.29) is 31.3 Å². The first-order chi connectivity index (χ1) is 15.7. The monoisotopic (exact) mass is 499 g/mol. The van der Waals surface area contributed by atoms with Crippen molar-refractivity contribution in [3.05, 3.63) is 39.9 Å². The number of aliphatic hydroxyl groups is 3. The van der Waals surface area contributed by atoms with E-state index in [4.69, 9.17) is 23.2 Å². The molecule has 2 aliphatic heterocycles. The zero-order valence-electron chi connectivity index (χ0n) is 18.5. The van der Waals surface area contributed by atoms with Crippen LogP contribution in [0.3, 0.4) is 0 Å². The molecule has 0 aliphatic carbocycles. The van der Waals surface area contributed by atoms with E-state index in [0.717, 1.165) is 18.4 Å². The predicted octanol–water partition coefficient (Wildman–Crippen LogP) is 1.60. The molecule has 2 unspecified atom stereocenters. The Labute approximate surface area is 204 Å². The van der Waals surface area contributed by atoms with Gasteiger partial charge in [0.1, 0.15) is 5.72 Å². The smallest absolute Gasteiger partial charge is 0.246 e. The van der Waals surface area contributed by atoms with Gasteiger partial charge in [0.25, 0.3) is 0 Å². The van der Waals surface area contributed by atoms with Gasteiger partial charge in [0.05, 0.1) is 22.8 Å². The Morgan fingerprint density at radius 1 is 1.12 bits per heavy atom. The van der Waals surface area contributed by atoms with Gasteiger partial charge in [-0.15, -0.1) is 0 Å². The topological polar surface area (TPSA) is 105 Å². The summed E-state index contributed by atoms with van der Waals surface area (Å²) in [6, 6.07) is 5.09. The molecule has 33 heavy (non-hydrogen) atoms. The number of hydrogen-bond acceptors (Lipinski definition) is 6. The zero-order valence-corrected chi connectivity index (χ0v) is 20.0. The van der Waals surface area contributed by atoms with E-state index in [0.29, 0.717) is 42.6 Å². The lowest BCUT2D eigenvalue weighted by molar-refractivity contribution is -0.168. The highest BCUT2D eigenvalue weighted by molar-refractivity contribution is 6.42. The lowest BCUT2D eigenvalue weighted by Gasteiger charge is -2.43. The molecule has 8 nitrogen and oxygen atoms in total. The quantitative estimate of drug-likeness (QED) is 0.492. The summed E-state index contributed by atoms with van der Waals surface area (Å²) in [7, 11) is 0. The second-order valence-corrected chi connectivity index (χ2v) is 9.43. The number of piperidine rings is 1. The van der Waals surface area contributed by atoms with E-state index in [2.05, 4.69) is 0 Å². The Balaban J connectivity index is 1.53. The van der Waals surface area contributed by atoms with Crippen LogP contribution in [0.5, 0.6) is 0 Å². The summed E-state index contributed by atoms with van der Waals surface area (Å²) in [6.45, 7) is 1.42. The molecule has 1 aromatic rings. The van der Waals surface area contributed by atoms with Gasteiger partial charge in [-0.25, -0.2) is 0 Å². The van der Waals surface area contributed by atoms with E-state index < -0.39 is 18.4 Å². The van der Waals surface area contributed by atoms with Crippen LogP contribution in [-0.2, 0) is 9.59 Å². The molecule has 0 bridgehead atoms. The third-order valence-corrected chi connectivity index (χ3v) is 6.96. The molecule has 3 N–H and O–H groups in total. The molecule has 0 radical (unpaired) electrons. The van der Waals surface area contributed by atoms with Crippen LogP contribution in [0.2, 0.25) is 10.0 Å². The molecule has 2 amide bonds. The SMILES string of the molecule is O=C(C=Cc1ccc(Cl)c(Cl)c1)N1CCC(=O)N(CC(O)CN2CCCCC2(O)CO)CC1. The molecule has 2 saturated heterocycles. The standard InChI is InChI=1S/C23H31Cl2N3O5/c24-19-5-3-17(13-20(19)25)4-6-21(31)26-10-7-22(32)27(12-11-26)14-18(30)15-28-9-2-1-8-23(28,33)16-29/h3-6,13,18,29-30,33H,1-2,7-12,14-16H2. The van der Waals surface area contributed by atoms with Gasteiger partial charge in [-0.2, -0.15) is 0 Å². The molecule has 2 atom stereocenters. The summed E-state index contributed by atoms with van der Waals surface area (Å²) in [6.07, 6.45) is 4.54. The number of halogens is 2. The summed E-state index contributed by atoms with van der Waals surface area (Å²) >= 11 is 11.9. The van der Waals surface area contributed by atoms with E-state index in [9.17, 15) is 24.9 Å². The van der Waals surface area contributed by atoms with E-state index >= 15 is 0 Å². The van der Waals surface area contributed by atoms with Crippen LogP contribution in [0, 0.1) is 0 Å². The molecule has 1 aromatic carbocycles. The fourth-order valence-electron chi connectivity index (χ4n) is 4.25. The Kier molecular flexibility index (Phi) is 9.15. The predicted molar refractivity (Wildman–Crippen MR) is 127 cm³/mol. The van der Waals surface area contributed by atoms with Crippen molar-refractivity contribution < 1.29 is 24.9 Å². The summed E-state index contributed by atoms with van der Waals surface area (Å²) in [5.41, 5.74) is -0.583. The average Bonchev–Trinajstić information content (AvgIpc) is 2.97. The first-order valence-electron chi connectivity index (χ1n) is 11.2. The van der Waals surface area contributed by atoms with Gasteiger partial charge in [-0.1, -0.05) is 29.3 Å². The lowest BCUT2D eigenvalue weighted by Crippen LogP contribution is -2.57. The highest BCUT2D eigenvalue weighted by Gasteiger charge is 2.37. The van der Waals surface area contributed by atoms with Crippen molar-refractivity contribution in [1.82, 2.24) is 14.7 Å². The first kappa shape index (κ1) is 25.9. The summed E-state index contributed by atoms with van der Waals surface area (Å²) in [4.78, 5) is 30.0. The second-order valence-electron chi connectivity index (χ2n) is 8.62. The summed E-state index contributed by atoms with van der Waals surface area (Å²) in [5, 5.41) is 31.6. The number of aliphatic hydroxyl groups excluding tert-OH is 2. The summed E-state index contributed by atoms with van der Waals surface area (Å²) < 4.78 is 0. The molecule has 2 heterocycles. The van der Waals surface area contributed by atoms with Crippen LogP contribution >= 0.6 is 23.2 Å². The Morgan fingerprint density at radius 3 is 2.64 bits per heavy atom. The minimum Gasteiger partial charge on any atom is -0.392 e. The van der Waals surface area contributed by atoms with Crippen LogP contribution in [0.15, 0.2) is 24.3 Å². The molecule has 0 saturated carbocycles. The number of carbonyl (C=O) groups excluding carboxylic acids is 2. The van der Waals surface area contributed by atoms with Crippen molar-refractivity contribution in [1.29, 1.82) is 0 Å². The number of rotatable bonds is 7. The molecule has 2 aliphatic rings. The van der Waals surface area contributed by atoms with Crippen LogP contribution in [0.4, 0.5) is 0 Å². The fraction of sp³-hybridized carbons (Fsp3) is 0.565. The van der Waals surface area contributed by atoms with Crippen molar-refractivity contribution in [2.75, 3.05) is 45.9 Å². The molecular weight excluding hydrogens is 469 g/mol. The number of hydrogen-bond donors (Lipinski definition) is 3. The van der Waals surface area contributed by atoms with Crippen molar-refractivity contribution in [2.24, 2.45) is 0 Å². The van der Waals surface area contributed by atoms with Crippen molar-refractivity contribution in [3.8, 4) is 0 Å². The second kappa shape index (κ2) is 11.6. The number of amides is 2. The van der Waals surface area contributed by atoms with Crippen molar-refractivity contribution >= 4 is 41.1 Å². The molecule has 0 aromatic heterocycles. The van der Waals surface area contributed by atoms with Crippen molar-refractivity contribution in [2.45, 2.75) is 37.5 Å². The van der Waals surface area contributed by atoms with Crippen LogP contribution in [0.25, 0.3) is 6.08 Å². The Morgan fingerprint density at radius 2 is 1.91 bits per heavy atom. The third kappa shape index (κ3) is 6.91. The van der Waals surface area contributed by atoms with Gasteiger partial charge in [0.15, 0.2) is 0 Å². The maximum atomic E-state index is 12.6. The highest BCUT2D eigenvalue weighted by Crippen LogP contribution is 2.26. The first-order valence-corrected chi connectivity index (χ1v) is 11.9. The fourth-order valence-corrected chi connectivity index (χ4v) is 4.56. The minimum atomic E-state index is -1.33. The molecule has 3 rings (SSSR count). The maximum Gasteiger partial charge on any atom is 0.246 e. The zero-order chi connectivity index (χ0) is 24.0. The Hall–Kier alpha value is -1.68. The van der Waals surface area contributed by atoms with Gasteiger partial charge >= 0.3 is 0 Å². The number of β-amino-alcohol motifs (C(OH)–C–C–N with tert-alkyl or cyclic N) is 1. The van der Waals surface area contributed by atoms with Gasteiger partial charge in [0.2, 0.25) is 11.8 Å². The largest absolute Gasteiger partial charge is 0.392 e. The number of likely N-dealkylation sites (tertiary alicyclic amines) is 1. The number of benzene rings is 1. The molecule has 0 spiro atoms. The van der Waals surface area contributed by atoms with Crippen LogP contribution in [0.1, 0.15) is 31.2 Å². The molecule has 182 valence electrons. The summed E-state index contributed by atoms with van der Waals surface area (Å²) in [5.74, 6) is -0.341. The highest BCUT2D eigenvalue weighted by atomic mass is 35.5. The van der Waals surface area contributed by atoms with E-state index in [1.165, 1.54) is 6.08 Å². The van der Waals surface area contributed by atoms with E-state index in [1.54, 1.807) is 39.0 Å². The maximum absolute atomic E-state index is 12.6. The molecular formula is C23H31Cl2N3O5. The Bertz CT molecular complexity index is 884. The minimum absolute atomic E-state index is 0.109. The van der Waals surface area contributed by atoms with E-state index in [1.807, 2.05) is 0 Å². The lowest BCUT2D eigenvalue weighted by atomic mass is 9.98. The third-order valence-electron chi connectivity index (χ3n) is 6.22. The van der Waals surface area contributed by atoms with Gasteiger partial charge in [-0.05, 0) is 43.0 Å². The molecule has 2 fully saturated rings. The normalized spacial score (nSPS) is 23.7.